The number of rotatable bonds is 10. The topological polar surface area (TPSA) is 47.9 Å². The molecule has 4 nitrogen and oxygen atoms in total. The Morgan fingerprint density at radius 1 is 1.10 bits per heavy atom. The summed E-state index contributed by atoms with van der Waals surface area (Å²) in [6, 6.07) is 13.6. The minimum absolute atomic E-state index is 0.687. The van der Waals surface area contributed by atoms with Crippen LogP contribution in [0.15, 0.2) is 59.1 Å². The van der Waals surface area contributed by atoms with Gasteiger partial charge in [0.05, 0.1) is 12.8 Å². The predicted molar refractivity (Wildman–Crippen MR) is 121 cm³/mol. The van der Waals surface area contributed by atoms with Gasteiger partial charge in [-0.05, 0) is 68.8 Å². The molecule has 2 aromatic carbocycles. The van der Waals surface area contributed by atoms with E-state index in [1.54, 1.807) is 14.2 Å². The van der Waals surface area contributed by atoms with E-state index in [0.29, 0.717) is 5.56 Å². The molecule has 0 N–H and O–H groups in total. The second-order valence-corrected chi connectivity index (χ2v) is 6.93. The van der Waals surface area contributed by atoms with Crippen LogP contribution in [0, 0.1) is 6.92 Å². The number of benzene rings is 2. The van der Waals surface area contributed by atoms with Gasteiger partial charge in [-0.1, -0.05) is 29.8 Å². The summed E-state index contributed by atoms with van der Waals surface area (Å²) < 4.78 is 10.4. The molecular weight excluding hydrogens is 362 g/mol. The van der Waals surface area contributed by atoms with Crippen molar-refractivity contribution in [3.05, 3.63) is 76.4 Å². The number of hydrogen-bond donors (Lipinski definition) is 0. The van der Waals surface area contributed by atoms with Crippen molar-refractivity contribution in [2.45, 2.75) is 26.7 Å². The minimum atomic E-state index is 0.687. The van der Waals surface area contributed by atoms with Crippen LogP contribution in [0.5, 0.6) is 5.75 Å². The van der Waals surface area contributed by atoms with E-state index in [1.165, 1.54) is 5.57 Å². The number of carbonyl (C=O) groups is 1. The summed E-state index contributed by atoms with van der Waals surface area (Å²) in [6.07, 6.45) is 4.91. The monoisotopic (exact) mass is 391 g/mol. The number of aliphatic imine (C=N–C) groups is 1. The molecule has 0 saturated heterocycles. The quantitative estimate of drug-likeness (QED) is 0.170. The molecule has 0 saturated carbocycles. The second kappa shape index (κ2) is 11.1. The molecule has 0 aliphatic heterocycles. The minimum Gasteiger partial charge on any atom is -0.497 e. The van der Waals surface area contributed by atoms with Crippen LogP contribution >= 0.6 is 0 Å². The fraction of sp³-hybridized carbons (Fsp3) is 0.280. The Labute approximate surface area is 173 Å². The van der Waals surface area contributed by atoms with Gasteiger partial charge in [0.2, 0.25) is 0 Å². The first-order valence-corrected chi connectivity index (χ1v) is 9.61. The number of allylic oxidation sites excluding steroid dienone is 3. The Balaban J connectivity index is 2.61. The second-order valence-electron chi connectivity index (χ2n) is 6.93. The van der Waals surface area contributed by atoms with Gasteiger partial charge < -0.3 is 9.47 Å². The number of hydrogen-bond acceptors (Lipinski definition) is 4. The molecule has 0 amide bonds. The maximum atomic E-state index is 11.2. The zero-order valence-electron chi connectivity index (χ0n) is 17.7. The summed E-state index contributed by atoms with van der Waals surface area (Å²) >= 11 is 0. The first kappa shape index (κ1) is 22.3. The van der Waals surface area contributed by atoms with E-state index in [0.717, 1.165) is 59.4 Å². The van der Waals surface area contributed by atoms with Crippen molar-refractivity contribution in [1.82, 2.24) is 0 Å². The Morgan fingerprint density at radius 3 is 2.34 bits per heavy atom. The molecule has 0 spiro atoms. The first-order chi connectivity index (χ1) is 14.0. The number of aryl methyl sites for hydroxylation is 1. The van der Waals surface area contributed by atoms with E-state index >= 15 is 0 Å². The predicted octanol–water partition coefficient (Wildman–Crippen LogP) is 5.76. The average molecular weight is 392 g/mol. The highest BCUT2D eigenvalue weighted by Crippen LogP contribution is 2.31. The summed E-state index contributed by atoms with van der Waals surface area (Å²) in [5.74, 6) is 0.788. The Morgan fingerprint density at radius 2 is 1.79 bits per heavy atom. The summed E-state index contributed by atoms with van der Waals surface area (Å²) in [6.45, 7) is 8.59. The lowest BCUT2D eigenvalue weighted by Crippen LogP contribution is -1.95. The smallest absolute Gasteiger partial charge is 0.150 e. The zero-order valence-corrected chi connectivity index (χ0v) is 17.7. The maximum absolute atomic E-state index is 11.2. The molecule has 0 fully saturated rings. The number of carbonyl (C=O) groups excluding carboxylic acids is 1. The number of aldehydes is 1. The van der Waals surface area contributed by atoms with Crippen LogP contribution in [0.3, 0.4) is 0 Å². The normalized spacial score (nSPS) is 12.3. The molecule has 0 radical (unpaired) electrons. The van der Waals surface area contributed by atoms with Gasteiger partial charge in [-0.15, -0.1) is 0 Å². The summed E-state index contributed by atoms with van der Waals surface area (Å²) in [4.78, 5) is 15.6. The van der Waals surface area contributed by atoms with Crippen LogP contribution in [-0.4, -0.2) is 33.8 Å². The van der Waals surface area contributed by atoms with Gasteiger partial charge in [-0.25, -0.2) is 0 Å². The van der Waals surface area contributed by atoms with E-state index in [4.69, 9.17) is 9.47 Å². The lowest BCUT2D eigenvalue weighted by Gasteiger charge is -2.13. The molecule has 2 rings (SSSR count). The summed E-state index contributed by atoms with van der Waals surface area (Å²) in [7, 11) is 3.36. The van der Waals surface area contributed by atoms with Gasteiger partial charge in [-0.3, -0.25) is 9.79 Å². The lowest BCUT2D eigenvalue weighted by molar-refractivity contribution is 0.112. The van der Waals surface area contributed by atoms with Crippen molar-refractivity contribution < 1.29 is 14.3 Å². The van der Waals surface area contributed by atoms with Crippen LogP contribution < -0.4 is 4.74 Å². The van der Waals surface area contributed by atoms with Gasteiger partial charge in [0, 0.05) is 30.4 Å². The third-order valence-electron chi connectivity index (χ3n) is 4.79. The fourth-order valence-corrected chi connectivity index (χ4v) is 3.16. The van der Waals surface area contributed by atoms with E-state index < -0.39 is 0 Å². The molecule has 0 aliphatic rings. The highest BCUT2D eigenvalue weighted by molar-refractivity contribution is 5.97. The largest absolute Gasteiger partial charge is 0.497 e. The van der Waals surface area contributed by atoms with Crippen molar-refractivity contribution in [3.63, 3.8) is 0 Å². The number of ether oxygens (including phenoxy) is 2. The molecule has 0 unspecified atom stereocenters. The van der Waals surface area contributed by atoms with Gasteiger partial charge in [0.15, 0.2) is 0 Å². The Hall–Kier alpha value is -2.98. The molecule has 0 atom stereocenters. The molecule has 0 aromatic heterocycles. The van der Waals surface area contributed by atoms with E-state index in [2.05, 4.69) is 24.7 Å². The van der Waals surface area contributed by atoms with Crippen molar-refractivity contribution in [1.29, 1.82) is 0 Å². The Kier molecular flexibility index (Phi) is 8.56. The molecule has 0 aliphatic carbocycles. The van der Waals surface area contributed by atoms with Crippen molar-refractivity contribution in [2.75, 3.05) is 20.8 Å². The van der Waals surface area contributed by atoms with Gasteiger partial charge in [-0.2, -0.15) is 0 Å². The van der Waals surface area contributed by atoms with Crippen LogP contribution in [0.1, 0.15) is 46.8 Å². The van der Waals surface area contributed by atoms with Crippen LogP contribution in [0.4, 0.5) is 0 Å². The number of methoxy groups -OCH3 is 2. The van der Waals surface area contributed by atoms with Crippen LogP contribution in [-0.2, 0) is 4.74 Å². The van der Waals surface area contributed by atoms with E-state index in [1.807, 2.05) is 49.4 Å². The molecule has 0 bridgehead atoms. The van der Waals surface area contributed by atoms with Crippen LogP contribution in [0.25, 0.3) is 11.3 Å². The maximum Gasteiger partial charge on any atom is 0.150 e. The van der Waals surface area contributed by atoms with Crippen molar-refractivity contribution >= 4 is 24.3 Å². The average Bonchev–Trinajstić information content (AvgIpc) is 2.74. The van der Waals surface area contributed by atoms with Crippen molar-refractivity contribution in [2.24, 2.45) is 4.99 Å². The summed E-state index contributed by atoms with van der Waals surface area (Å²) in [5.41, 5.74) is 6.55. The third kappa shape index (κ3) is 6.00. The zero-order chi connectivity index (χ0) is 21.2. The standard InChI is InChI=1S/C25H29NO3/c1-18(7-6-14-28-4)15-24(21-8-9-22(17-27)19(2)16-21)25(26-3)20-10-12-23(29-5)13-11-20/h8-13,15-17H,3,6-7,14H2,1-2,4-5H3/b18-15+,25-24+. The van der Waals surface area contributed by atoms with Gasteiger partial charge in [0.25, 0.3) is 0 Å². The third-order valence-corrected chi connectivity index (χ3v) is 4.79. The van der Waals surface area contributed by atoms with E-state index in [-0.39, 0.29) is 0 Å². The molecule has 4 heteroatoms. The molecule has 152 valence electrons. The fourth-order valence-electron chi connectivity index (χ4n) is 3.16. The first-order valence-electron chi connectivity index (χ1n) is 9.61. The summed E-state index contributed by atoms with van der Waals surface area (Å²) in [5, 5.41) is 0. The van der Waals surface area contributed by atoms with Gasteiger partial charge >= 0.3 is 0 Å². The Bertz CT molecular complexity index is 908. The molecule has 29 heavy (non-hydrogen) atoms. The SMILES string of the molecule is C=N/C(=C(\C=C(/C)CCCOC)c1ccc(C=O)c(C)c1)c1ccc(OC)cc1. The lowest BCUT2D eigenvalue weighted by atomic mass is 9.94. The highest BCUT2D eigenvalue weighted by Gasteiger charge is 2.11. The van der Waals surface area contributed by atoms with Crippen LogP contribution in [0.2, 0.25) is 0 Å². The molecule has 2 aromatic rings. The molecule has 0 heterocycles. The van der Waals surface area contributed by atoms with Gasteiger partial charge in [0.1, 0.15) is 12.0 Å². The molecular formula is C25H29NO3. The van der Waals surface area contributed by atoms with E-state index in [9.17, 15) is 4.79 Å². The number of nitrogens with zero attached hydrogens (tertiary/aromatic N) is 1. The van der Waals surface area contributed by atoms with Crippen molar-refractivity contribution in [3.8, 4) is 5.75 Å². The highest BCUT2D eigenvalue weighted by atomic mass is 16.5.